The van der Waals surface area contributed by atoms with Gasteiger partial charge < -0.3 is 4.90 Å². The number of amides is 1. The smallest absolute Gasteiger partial charge is 0.231 e. The minimum absolute atomic E-state index is 0.0462. The van der Waals surface area contributed by atoms with Crippen molar-refractivity contribution in [3.8, 4) is 0 Å². The number of hydrogen-bond acceptors (Lipinski definition) is 1. The Balaban J connectivity index is 1.81. The van der Waals surface area contributed by atoms with Gasteiger partial charge in [0.15, 0.2) is 0 Å². The van der Waals surface area contributed by atoms with E-state index in [1.807, 2.05) is 24.3 Å². The van der Waals surface area contributed by atoms with E-state index in [2.05, 4.69) is 0 Å². The predicted octanol–water partition coefficient (Wildman–Crippen LogP) is 2.96. The number of carbonyl (C=O) groups is 1. The minimum atomic E-state index is -0.316. The largest absolute Gasteiger partial charge is 0.312 e. The lowest BCUT2D eigenvalue weighted by Gasteiger charge is -2.17. The van der Waals surface area contributed by atoms with Crippen molar-refractivity contribution in [2.75, 3.05) is 11.4 Å². The van der Waals surface area contributed by atoms with Crippen molar-refractivity contribution < 1.29 is 9.18 Å². The summed E-state index contributed by atoms with van der Waals surface area (Å²) >= 11 is 0. The SMILES string of the molecule is O=C(Cc1ccccc1F)N1CCc2ccccc21. The third kappa shape index (κ3) is 2.24. The number of nitrogens with zero attached hydrogens (tertiary/aromatic N) is 1. The summed E-state index contributed by atoms with van der Waals surface area (Å²) in [4.78, 5) is 14.0. The van der Waals surface area contributed by atoms with Crippen LogP contribution < -0.4 is 4.90 Å². The van der Waals surface area contributed by atoms with Gasteiger partial charge in [0, 0.05) is 12.2 Å². The molecule has 1 aliphatic heterocycles. The summed E-state index contributed by atoms with van der Waals surface area (Å²) in [5, 5.41) is 0. The molecule has 3 rings (SSSR count). The van der Waals surface area contributed by atoms with E-state index in [0.29, 0.717) is 12.1 Å². The molecule has 0 aliphatic carbocycles. The van der Waals surface area contributed by atoms with Crippen LogP contribution in [0.5, 0.6) is 0 Å². The van der Waals surface area contributed by atoms with E-state index in [4.69, 9.17) is 0 Å². The maximum absolute atomic E-state index is 13.6. The summed E-state index contributed by atoms with van der Waals surface area (Å²) in [6, 6.07) is 14.3. The molecule has 0 aromatic heterocycles. The van der Waals surface area contributed by atoms with E-state index < -0.39 is 0 Å². The van der Waals surface area contributed by atoms with Gasteiger partial charge >= 0.3 is 0 Å². The lowest BCUT2D eigenvalue weighted by Crippen LogP contribution is -2.30. The van der Waals surface area contributed by atoms with E-state index in [0.717, 1.165) is 12.1 Å². The topological polar surface area (TPSA) is 20.3 Å². The van der Waals surface area contributed by atoms with E-state index in [-0.39, 0.29) is 18.1 Å². The lowest BCUT2D eigenvalue weighted by atomic mass is 10.1. The molecule has 0 saturated heterocycles. The number of fused-ring (bicyclic) bond motifs is 1. The highest BCUT2D eigenvalue weighted by Gasteiger charge is 2.24. The molecule has 0 spiro atoms. The summed E-state index contributed by atoms with van der Waals surface area (Å²) in [6.07, 6.45) is 0.986. The minimum Gasteiger partial charge on any atom is -0.312 e. The van der Waals surface area contributed by atoms with Gasteiger partial charge in [-0.15, -0.1) is 0 Å². The van der Waals surface area contributed by atoms with Gasteiger partial charge in [-0.1, -0.05) is 36.4 Å². The molecule has 1 amide bonds. The normalized spacial score (nSPS) is 13.4. The van der Waals surface area contributed by atoms with Gasteiger partial charge in [0.2, 0.25) is 5.91 Å². The van der Waals surface area contributed by atoms with Gasteiger partial charge in [-0.3, -0.25) is 4.79 Å². The Morgan fingerprint density at radius 2 is 1.84 bits per heavy atom. The quantitative estimate of drug-likeness (QED) is 0.808. The molecule has 19 heavy (non-hydrogen) atoms. The molecule has 0 fully saturated rings. The van der Waals surface area contributed by atoms with Crippen LogP contribution in [-0.4, -0.2) is 12.5 Å². The number of benzene rings is 2. The summed E-state index contributed by atoms with van der Waals surface area (Å²) in [5.74, 6) is -0.363. The van der Waals surface area contributed by atoms with Gasteiger partial charge in [0.05, 0.1) is 6.42 Å². The Kier molecular flexibility index (Phi) is 3.03. The number of halogens is 1. The highest BCUT2D eigenvalue weighted by atomic mass is 19.1. The first-order chi connectivity index (χ1) is 9.25. The fourth-order valence-electron chi connectivity index (χ4n) is 2.50. The average Bonchev–Trinajstić information content (AvgIpc) is 2.85. The van der Waals surface area contributed by atoms with Gasteiger partial charge in [0.25, 0.3) is 0 Å². The van der Waals surface area contributed by atoms with Gasteiger partial charge in [0.1, 0.15) is 5.82 Å². The Morgan fingerprint density at radius 3 is 2.68 bits per heavy atom. The molecular formula is C16H14FNO. The van der Waals surface area contributed by atoms with Crippen LogP contribution in [0.4, 0.5) is 10.1 Å². The van der Waals surface area contributed by atoms with Crippen molar-refractivity contribution in [2.24, 2.45) is 0 Å². The summed E-state index contributed by atoms with van der Waals surface area (Å²) in [5.41, 5.74) is 2.60. The number of rotatable bonds is 2. The van der Waals surface area contributed by atoms with Crippen molar-refractivity contribution in [1.29, 1.82) is 0 Å². The Hall–Kier alpha value is -2.16. The number of hydrogen-bond donors (Lipinski definition) is 0. The molecule has 96 valence electrons. The molecule has 0 saturated carbocycles. The maximum Gasteiger partial charge on any atom is 0.231 e. The monoisotopic (exact) mass is 255 g/mol. The van der Waals surface area contributed by atoms with E-state index in [9.17, 15) is 9.18 Å². The number of anilines is 1. The predicted molar refractivity (Wildman–Crippen MR) is 72.6 cm³/mol. The Labute approximate surface area is 111 Å². The Bertz CT molecular complexity index is 624. The molecule has 3 heteroatoms. The summed E-state index contributed by atoms with van der Waals surface area (Å²) < 4.78 is 13.6. The van der Waals surface area contributed by atoms with Crippen LogP contribution in [0.2, 0.25) is 0 Å². The third-order valence-electron chi connectivity index (χ3n) is 3.49. The molecule has 0 bridgehead atoms. The van der Waals surface area contributed by atoms with E-state index >= 15 is 0 Å². The fraction of sp³-hybridized carbons (Fsp3) is 0.188. The van der Waals surface area contributed by atoms with Crippen LogP contribution >= 0.6 is 0 Å². The second-order valence-corrected chi connectivity index (χ2v) is 4.69. The van der Waals surface area contributed by atoms with Crippen LogP contribution in [0.15, 0.2) is 48.5 Å². The molecule has 2 aromatic carbocycles. The van der Waals surface area contributed by atoms with Crippen LogP contribution in [0.1, 0.15) is 11.1 Å². The van der Waals surface area contributed by atoms with Crippen molar-refractivity contribution >= 4 is 11.6 Å². The second-order valence-electron chi connectivity index (χ2n) is 4.69. The highest BCUT2D eigenvalue weighted by molar-refractivity contribution is 5.96. The molecule has 2 nitrogen and oxygen atoms in total. The first-order valence-electron chi connectivity index (χ1n) is 6.37. The standard InChI is InChI=1S/C16H14FNO/c17-14-7-3-1-6-13(14)11-16(19)18-10-9-12-5-2-4-8-15(12)18/h1-8H,9-11H2. The van der Waals surface area contributed by atoms with Crippen LogP contribution in [0.3, 0.4) is 0 Å². The Morgan fingerprint density at radius 1 is 1.11 bits per heavy atom. The molecule has 1 aliphatic rings. The zero-order valence-corrected chi connectivity index (χ0v) is 10.5. The molecule has 2 aromatic rings. The van der Waals surface area contributed by atoms with Crippen molar-refractivity contribution in [1.82, 2.24) is 0 Å². The number of carbonyl (C=O) groups excluding carboxylic acids is 1. The van der Waals surface area contributed by atoms with Crippen molar-refractivity contribution in [3.05, 3.63) is 65.5 Å². The van der Waals surface area contributed by atoms with Crippen molar-refractivity contribution in [2.45, 2.75) is 12.8 Å². The van der Waals surface area contributed by atoms with Gasteiger partial charge in [-0.2, -0.15) is 0 Å². The first-order valence-corrected chi connectivity index (χ1v) is 6.37. The first kappa shape index (κ1) is 11.9. The van der Waals surface area contributed by atoms with Gasteiger partial charge in [-0.25, -0.2) is 4.39 Å². The van der Waals surface area contributed by atoms with Crippen LogP contribution in [0.25, 0.3) is 0 Å². The molecule has 1 heterocycles. The van der Waals surface area contributed by atoms with Crippen molar-refractivity contribution in [3.63, 3.8) is 0 Å². The van der Waals surface area contributed by atoms with E-state index in [1.165, 1.54) is 11.6 Å². The van der Waals surface area contributed by atoms with Crippen LogP contribution in [0, 0.1) is 5.82 Å². The molecule has 0 N–H and O–H groups in total. The molecular weight excluding hydrogens is 241 g/mol. The highest BCUT2D eigenvalue weighted by Crippen LogP contribution is 2.28. The summed E-state index contributed by atoms with van der Waals surface area (Å²) in [7, 11) is 0. The molecule has 0 unspecified atom stereocenters. The van der Waals surface area contributed by atoms with E-state index in [1.54, 1.807) is 23.1 Å². The zero-order valence-electron chi connectivity index (χ0n) is 10.5. The second kappa shape index (κ2) is 4.84. The molecule has 0 radical (unpaired) electrons. The maximum atomic E-state index is 13.6. The molecule has 0 atom stereocenters. The van der Waals surface area contributed by atoms with Crippen LogP contribution in [-0.2, 0) is 17.6 Å². The average molecular weight is 255 g/mol. The summed E-state index contributed by atoms with van der Waals surface area (Å²) in [6.45, 7) is 0.687. The zero-order chi connectivity index (χ0) is 13.2. The fourth-order valence-corrected chi connectivity index (χ4v) is 2.50. The lowest BCUT2D eigenvalue weighted by molar-refractivity contribution is -0.117. The third-order valence-corrected chi connectivity index (χ3v) is 3.49. The number of para-hydroxylation sites is 1. The van der Waals surface area contributed by atoms with Gasteiger partial charge in [-0.05, 0) is 29.7 Å².